The van der Waals surface area contributed by atoms with Crippen LogP contribution in [0.15, 0.2) is 40.4 Å². The highest BCUT2D eigenvalue weighted by molar-refractivity contribution is 9.11. The largest absolute Gasteiger partial charge is 0.349 e. The van der Waals surface area contributed by atoms with Gasteiger partial charge in [-0.05, 0) is 40.2 Å². The summed E-state index contributed by atoms with van der Waals surface area (Å²) < 4.78 is 2.80. The van der Waals surface area contributed by atoms with Crippen molar-refractivity contribution in [3.8, 4) is 10.6 Å². The number of carbonyl (C=O) groups excluding carboxylic acids is 1. The topological polar surface area (TPSA) is 75.6 Å². The molecular formula is C13H12BrN5OS. The van der Waals surface area contributed by atoms with Gasteiger partial charge in [0.25, 0.3) is 5.91 Å². The Morgan fingerprint density at radius 3 is 3.10 bits per heavy atom. The van der Waals surface area contributed by atoms with Crippen LogP contribution in [0.5, 0.6) is 0 Å². The van der Waals surface area contributed by atoms with Gasteiger partial charge in [-0.15, -0.1) is 11.3 Å². The van der Waals surface area contributed by atoms with E-state index in [0.717, 1.165) is 14.4 Å². The average molecular weight is 366 g/mol. The highest BCUT2D eigenvalue weighted by atomic mass is 79.9. The van der Waals surface area contributed by atoms with E-state index in [-0.39, 0.29) is 5.91 Å². The maximum atomic E-state index is 12.0. The van der Waals surface area contributed by atoms with Gasteiger partial charge in [0.05, 0.1) is 20.9 Å². The normalized spacial score (nSPS) is 10.7. The number of carbonyl (C=O) groups is 1. The summed E-state index contributed by atoms with van der Waals surface area (Å²) in [6, 6.07) is 7.54. The molecule has 0 bridgehead atoms. The third-order valence-electron chi connectivity index (χ3n) is 2.83. The Balaban J connectivity index is 1.59. The van der Waals surface area contributed by atoms with Crippen LogP contribution in [0.1, 0.15) is 10.5 Å². The Bertz CT molecular complexity index is 733. The monoisotopic (exact) mass is 365 g/mol. The van der Waals surface area contributed by atoms with Gasteiger partial charge in [-0.25, -0.2) is 0 Å². The lowest BCUT2D eigenvalue weighted by Gasteiger charge is -2.02. The summed E-state index contributed by atoms with van der Waals surface area (Å²) in [5, 5.41) is 13.8. The maximum absolute atomic E-state index is 12.0. The van der Waals surface area contributed by atoms with Crippen molar-refractivity contribution in [3.63, 3.8) is 0 Å². The Hall–Kier alpha value is -1.93. The second-order valence-corrected chi connectivity index (χ2v) is 6.76. The summed E-state index contributed by atoms with van der Waals surface area (Å²) >= 11 is 5.00. The van der Waals surface area contributed by atoms with E-state index in [1.807, 2.05) is 24.4 Å². The van der Waals surface area contributed by atoms with Crippen LogP contribution in [0.3, 0.4) is 0 Å². The lowest BCUT2D eigenvalue weighted by atomic mass is 10.3. The molecule has 0 radical (unpaired) electrons. The second-order valence-electron chi connectivity index (χ2n) is 4.30. The summed E-state index contributed by atoms with van der Waals surface area (Å²) in [5.74, 6) is -0.194. The minimum atomic E-state index is -0.194. The number of aromatic amines is 1. The van der Waals surface area contributed by atoms with Gasteiger partial charge in [0.1, 0.15) is 0 Å². The van der Waals surface area contributed by atoms with Crippen LogP contribution in [0.4, 0.5) is 0 Å². The van der Waals surface area contributed by atoms with Crippen molar-refractivity contribution < 1.29 is 4.79 Å². The number of H-pyrrole nitrogens is 1. The van der Waals surface area contributed by atoms with Crippen molar-refractivity contribution in [1.29, 1.82) is 0 Å². The van der Waals surface area contributed by atoms with Crippen molar-refractivity contribution in [3.05, 3.63) is 46.1 Å². The smallest absolute Gasteiger partial charge is 0.271 e. The fraction of sp³-hybridized carbons (Fsp3) is 0.154. The lowest BCUT2D eigenvalue weighted by Crippen LogP contribution is -2.27. The van der Waals surface area contributed by atoms with Crippen LogP contribution in [0, 0.1) is 0 Å². The van der Waals surface area contributed by atoms with Gasteiger partial charge in [-0.2, -0.15) is 10.2 Å². The molecule has 0 spiro atoms. The molecule has 2 N–H and O–H groups in total. The van der Waals surface area contributed by atoms with E-state index in [9.17, 15) is 4.79 Å². The Morgan fingerprint density at radius 2 is 2.38 bits per heavy atom. The first kappa shape index (κ1) is 14.0. The van der Waals surface area contributed by atoms with Crippen molar-refractivity contribution in [2.24, 2.45) is 0 Å². The molecule has 3 aromatic heterocycles. The zero-order valence-electron chi connectivity index (χ0n) is 10.9. The summed E-state index contributed by atoms with van der Waals surface area (Å²) in [5.41, 5.74) is 1.22. The van der Waals surface area contributed by atoms with Gasteiger partial charge >= 0.3 is 0 Å². The van der Waals surface area contributed by atoms with Crippen molar-refractivity contribution >= 4 is 33.2 Å². The molecule has 0 saturated heterocycles. The molecule has 0 aliphatic rings. The van der Waals surface area contributed by atoms with Gasteiger partial charge < -0.3 is 5.32 Å². The predicted octanol–water partition coefficient (Wildman–Crippen LogP) is 2.53. The molecule has 0 fully saturated rings. The van der Waals surface area contributed by atoms with Crippen molar-refractivity contribution in [2.45, 2.75) is 6.54 Å². The third-order valence-corrected chi connectivity index (χ3v) is 4.49. The van der Waals surface area contributed by atoms with E-state index in [0.29, 0.717) is 18.8 Å². The maximum Gasteiger partial charge on any atom is 0.271 e. The van der Waals surface area contributed by atoms with E-state index in [2.05, 4.69) is 36.5 Å². The molecule has 0 aromatic carbocycles. The molecule has 0 unspecified atom stereocenters. The Labute approximate surface area is 133 Å². The number of amides is 1. The van der Waals surface area contributed by atoms with Crippen LogP contribution in [-0.4, -0.2) is 32.4 Å². The van der Waals surface area contributed by atoms with Crippen LogP contribution < -0.4 is 5.32 Å². The molecule has 8 heteroatoms. The SMILES string of the molecule is O=C(NCCn1cccn1)c1cc(-c2ccc(Br)s2)[nH]n1. The summed E-state index contributed by atoms with van der Waals surface area (Å²) in [6.07, 6.45) is 3.56. The second kappa shape index (κ2) is 6.23. The molecule has 3 heterocycles. The summed E-state index contributed by atoms with van der Waals surface area (Å²) in [7, 11) is 0. The summed E-state index contributed by atoms with van der Waals surface area (Å²) in [6.45, 7) is 1.14. The minimum Gasteiger partial charge on any atom is -0.349 e. The van der Waals surface area contributed by atoms with Gasteiger partial charge in [0.2, 0.25) is 0 Å². The molecular weight excluding hydrogens is 354 g/mol. The zero-order valence-corrected chi connectivity index (χ0v) is 13.3. The van der Waals surface area contributed by atoms with Crippen molar-refractivity contribution in [1.82, 2.24) is 25.3 Å². The van der Waals surface area contributed by atoms with E-state index < -0.39 is 0 Å². The molecule has 108 valence electrons. The van der Waals surface area contributed by atoms with E-state index >= 15 is 0 Å². The number of rotatable bonds is 5. The molecule has 21 heavy (non-hydrogen) atoms. The molecule has 0 aliphatic carbocycles. The first-order chi connectivity index (χ1) is 10.2. The van der Waals surface area contributed by atoms with Crippen LogP contribution in [-0.2, 0) is 6.54 Å². The molecule has 3 rings (SSSR count). The molecule has 0 saturated carbocycles. The molecule has 1 amide bonds. The molecule has 0 aliphatic heterocycles. The molecule has 6 nitrogen and oxygen atoms in total. The number of aromatic nitrogens is 4. The van der Waals surface area contributed by atoms with Crippen molar-refractivity contribution in [2.75, 3.05) is 6.54 Å². The first-order valence-electron chi connectivity index (χ1n) is 6.29. The molecule has 0 atom stereocenters. The highest BCUT2D eigenvalue weighted by Crippen LogP contribution is 2.30. The third kappa shape index (κ3) is 3.40. The quantitative estimate of drug-likeness (QED) is 0.729. The standard InChI is InChI=1S/C13H12BrN5OS/c14-12-3-2-11(21-12)9-8-10(18-17-9)13(20)15-5-7-19-6-1-4-16-19/h1-4,6,8H,5,7H2,(H,15,20)(H,17,18). The zero-order chi connectivity index (χ0) is 14.7. The van der Waals surface area contributed by atoms with E-state index in [4.69, 9.17) is 0 Å². The number of hydrogen-bond acceptors (Lipinski definition) is 4. The Morgan fingerprint density at radius 1 is 1.48 bits per heavy atom. The fourth-order valence-electron chi connectivity index (χ4n) is 1.83. The van der Waals surface area contributed by atoms with Crippen LogP contribution in [0.25, 0.3) is 10.6 Å². The number of hydrogen-bond donors (Lipinski definition) is 2. The van der Waals surface area contributed by atoms with Gasteiger partial charge in [0.15, 0.2) is 5.69 Å². The first-order valence-corrected chi connectivity index (χ1v) is 7.90. The molecule has 3 aromatic rings. The van der Waals surface area contributed by atoms with E-state index in [1.54, 1.807) is 28.3 Å². The van der Waals surface area contributed by atoms with E-state index in [1.165, 1.54) is 0 Å². The fourth-order valence-corrected chi connectivity index (χ4v) is 3.18. The number of nitrogens with one attached hydrogen (secondary N) is 2. The number of halogens is 1. The number of nitrogens with zero attached hydrogens (tertiary/aromatic N) is 3. The van der Waals surface area contributed by atoms with Gasteiger partial charge in [0, 0.05) is 18.9 Å². The number of thiophene rings is 1. The minimum absolute atomic E-state index is 0.194. The van der Waals surface area contributed by atoms with Crippen LogP contribution >= 0.6 is 27.3 Å². The Kier molecular flexibility index (Phi) is 4.16. The summed E-state index contributed by atoms with van der Waals surface area (Å²) in [4.78, 5) is 13.0. The highest BCUT2D eigenvalue weighted by Gasteiger charge is 2.12. The lowest BCUT2D eigenvalue weighted by molar-refractivity contribution is 0.0947. The van der Waals surface area contributed by atoms with Crippen LogP contribution in [0.2, 0.25) is 0 Å². The van der Waals surface area contributed by atoms with Gasteiger partial charge in [-0.3, -0.25) is 14.6 Å². The predicted molar refractivity (Wildman–Crippen MR) is 84.2 cm³/mol. The average Bonchev–Trinajstić information content (AvgIpc) is 3.19. The van der Waals surface area contributed by atoms with Gasteiger partial charge in [-0.1, -0.05) is 0 Å².